The highest BCUT2D eigenvalue weighted by atomic mass is 16.2. The molecule has 0 spiro atoms. The first kappa shape index (κ1) is 17.5. The van der Waals surface area contributed by atoms with Crippen LogP contribution in [0.1, 0.15) is 63.7 Å². The Bertz CT molecular complexity index is 427. The molecule has 1 amide bonds. The van der Waals surface area contributed by atoms with Gasteiger partial charge in [0.15, 0.2) is 0 Å². The van der Waals surface area contributed by atoms with Crippen molar-refractivity contribution in [3.63, 3.8) is 0 Å². The lowest BCUT2D eigenvalue weighted by molar-refractivity contribution is 0.0773. The Kier molecular flexibility index (Phi) is 7.88. The fourth-order valence-electron chi connectivity index (χ4n) is 2.50. The van der Waals surface area contributed by atoms with E-state index in [1.807, 2.05) is 43.0 Å². The summed E-state index contributed by atoms with van der Waals surface area (Å²) < 4.78 is 0. The Morgan fingerprint density at radius 3 is 2.48 bits per heavy atom. The maximum absolute atomic E-state index is 12.4. The molecule has 21 heavy (non-hydrogen) atoms. The number of anilines is 1. The monoisotopic (exact) mass is 290 g/mol. The van der Waals surface area contributed by atoms with E-state index in [1.54, 1.807) is 0 Å². The second-order valence-corrected chi connectivity index (χ2v) is 5.45. The van der Waals surface area contributed by atoms with Crippen LogP contribution in [-0.4, -0.2) is 29.9 Å². The summed E-state index contributed by atoms with van der Waals surface area (Å²) in [6, 6.07) is 8.39. The lowest BCUT2D eigenvalue weighted by Gasteiger charge is -2.21. The molecule has 0 heterocycles. The second-order valence-electron chi connectivity index (χ2n) is 5.45. The van der Waals surface area contributed by atoms with Gasteiger partial charge in [-0.3, -0.25) is 4.79 Å². The number of nitrogens with zero attached hydrogens (tertiary/aromatic N) is 1. The number of amides is 1. The fraction of sp³-hybridized carbons (Fsp3) is 0.611. The third-order valence-electron chi connectivity index (χ3n) is 3.93. The largest absolute Gasteiger partial charge is 0.382 e. The highest BCUT2D eigenvalue weighted by molar-refractivity contribution is 5.95. The predicted molar refractivity (Wildman–Crippen MR) is 90.9 cm³/mol. The van der Waals surface area contributed by atoms with Gasteiger partial charge in [0.25, 0.3) is 5.91 Å². The van der Waals surface area contributed by atoms with Crippen molar-refractivity contribution in [3.05, 3.63) is 29.8 Å². The molecule has 0 aliphatic carbocycles. The van der Waals surface area contributed by atoms with E-state index >= 15 is 0 Å². The molecule has 0 aromatic heterocycles. The average molecular weight is 290 g/mol. The molecule has 1 aromatic carbocycles. The maximum Gasteiger partial charge on any atom is 0.253 e. The Hall–Kier alpha value is -1.51. The highest BCUT2D eigenvalue weighted by Crippen LogP contribution is 2.17. The average Bonchev–Trinajstić information content (AvgIpc) is 2.52. The van der Waals surface area contributed by atoms with Gasteiger partial charge in [0.1, 0.15) is 0 Å². The Morgan fingerprint density at radius 2 is 1.90 bits per heavy atom. The van der Waals surface area contributed by atoms with Crippen LogP contribution < -0.4 is 5.32 Å². The summed E-state index contributed by atoms with van der Waals surface area (Å²) in [6.07, 6.45) is 4.75. The Morgan fingerprint density at radius 1 is 1.19 bits per heavy atom. The summed E-state index contributed by atoms with van der Waals surface area (Å²) in [4.78, 5) is 14.2. The molecule has 0 aliphatic heterocycles. The van der Waals surface area contributed by atoms with Crippen LogP contribution in [0.5, 0.6) is 0 Å². The first-order chi connectivity index (χ1) is 10.2. The third-order valence-corrected chi connectivity index (χ3v) is 3.93. The standard InChI is InChI=1S/C18H30N2O/c1-5-9-12-16(6-2)19-17-13-10-11-15(14-17)18(21)20(7-3)8-4/h10-11,13-14,16,19H,5-9,12H2,1-4H3. The molecule has 118 valence electrons. The van der Waals surface area contributed by atoms with Gasteiger partial charge in [-0.05, 0) is 44.9 Å². The first-order valence-corrected chi connectivity index (χ1v) is 8.32. The van der Waals surface area contributed by atoms with Crippen LogP contribution in [-0.2, 0) is 0 Å². The third kappa shape index (κ3) is 5.41. The van der Waals surface area contributed by atoms with Crippen LogP contribution in [0.4, 0.5) is 5.69 Å². The quantitative estimate of drug-likeness (QED) is 0.723. The van der Waals surface area contributed by atoms with Crippen LogP contribution in [0.2, 0.25) is 0 Å². The predicted octanol–water partition coefficient (Wildman–Crippen LogP) is 4.55. The van der Waals surface area contributed by atoms with Gasteiger partial charge >= 0.3 is 0 Å². The molecule has 0 saturated carbocycles. The van der Waals surface area contributed by atoms with Gasteiger partial charge in [-0.1, -0.05) is 32.8 Å². The van der Waals surface area contributed by atoms with Crippen LogP contribution in [0.3, 0.4) is 0 Å². The van der Waals surface area contributed by atoms with Crippen molar-refractivity contribution in [2.75, 3.05) is 18.4 Å². The van der Waals surface area contributed by atoms with Gasteiger partial charge in [-0.2, -0.15) is 0 Å². The van der Waals surface area contributed by atoms with E-state index in [0.29, 0.717) is 6.04 Å². The molecule has 1 unspecified atom stereocenters. The van der Waals surface area contributed by atoms with Crippen molar-refractivity contribution in [2.45, 2.75) is 59.4 Å². The molecule has 0 radical (unpaired) electrons. The molecule has 3 heteroatoms. The Labute approximate surface area is 129 Å². The summed E-state index contributed by atoms with van der Waals surface area (Å²) in [5.74, 6) is 0.116. The zero-order valence-electron chi connectivity index (χ0n) is 14.0. The van der Waals surface area contributed by atoms with Crippen molar-refractivity contribution >= 4 is 11.6 Å². The van der Waals surface area contributed by atoms with Crippen molar-refractivity contribution < 1.29 is 4.79 Å². The van der Waals surface area contributed by atoms with Gasteiger partial charge < -0.3 is 10.2 Å². The minimum atomic E-state index is 0.116. The molecule has 1 atom stereocenters. The zero-order chi connectivity index (χ0) is 15.7. The number of nitrogens with one attached hydrogen (secondary N) is 1. The normalized spacial score (nSPS) is 12.0. The van der Waals surface area contributed by atoms with Crippen molar-refractivity contribution in [3.8, 4) is 0 Å². The number of rotatable bonds is 9. The molecule has 1 N–H and O–H groups in total. The van der Waals surface area contributed by atoms with E-state index in [0.717, 1.165) is 30.8 Å². The van der Waals surface area contributed by atoms with Crippen LogP contribution in [0.15, 0.2) is 24.3 Å². The number of hydrogen-bond acceptors (Lipinski definition) is 2. The second kappa shape index (κ2) is 9.43. The molecule has 0 fully saturated rings. The van der Waals surface area contributed by atoms with Crippen LogP contribution >= 0.6 is 0 Å². The smallest absolute Gasteiger partial charge is 0.253 e. The molecule has 1 rings (SSSR count). The lowest BCUT2D eigenvalue weighted by atomic mass is 10.1. The van der Waals surface area contributed by atoms with Crippen LogP contribution in [0, 0.1) is 0 Å². The van der Waals surface area contributed by atoms with Gasteiger partial charge in [0.05, 0.1) is 0 Å². The summed E-state index contributed by atoms with van der Waals surface area (Å²) in [5.41, 5.74) is 1.82. The summed E-state index contributed by atoms with van der Waals surface area (Å²) in [7, 11) is 0. The van der Waals surface area contributed by atoms with E-state index in [1.165, 1.54) is 19.3 Å². The lowest BCUT2D eigenvalue weighted by Crippen LogP contribution is -2.30. The summed E-state index contributed by atoms with van der Waals surface area (Å²) >= 11 is 0. The number of benzene rings is 1. The molecule has 0 aliphatic rings. The molecule has 1 aromatic rings. The fourth-order valence-corrected chi connectivity index (χ4v) is 2.50. The van der Waals surface area contributed by atoms with Crippen molar-refractivity contribution in [1.82, 2.24) is 4.90 Å². The van der Waals surface area contributed by atoms with Crippen molar-refractivity contribution in [1.29, 1.82) is 0 Å². The number of hydrogen-bond donors (Lipinski definition) is 1. The van der Waals surface area contributed by atoms with Gasteiger partial charge in [0.2, 0.25) is 0 Å². The van der Waals surface area contributed by atoms with E-state index < -0.39 is 0 Å². The first-order valence-electron chi connectivity index (χ1n) is 8.32. The number of unbranched alkanes of at least 4 members (excludes halogenated alkanes) is 1. The number of carbonyl (C=O) groups excluding carboxylic acids is 1. The van der Waals surface area contributed by atoms with E-state index in [4.69, 9.17) is 0 Å². The van der Waals surface area contributed by atoms with Gasteiger partial charge in [-0.15, -0.1) is 0 Å². The van der Waals surface area contributed by atoms with Gasteiger partial charge in [-0.25, -0.2) is 0 Å². The SMILES string of the molecule is CCCCC(CC)Nc1cccc(C(=O)N(CC)CC)c1. The zero-order valence-corrected chi connectivity index (χ0v) is 14.0. The molecule has 0 bridgehead atoms. The highest BCUT2D eigenvalue weighted by Gasteiger charge is 2.13. The molecule has 0 saturated heterocycles. The van der Waals surface area contributed by atoms with Crippen molar-refractivity contribution in [2.24, 2.45) is 0 Å². The number of carbonyl (C=O) groups is 1. The molecule has 3 nitrogen and oxygen atoms in total. The maximum atomic E-state index is 12.4. The van der Waals surface area contributed by atoms with E-state index in [9.17, 15) is 4.79 Å². The van der Waals surface area contributed by atoms with Gasteiger partial charge in [0, 0.05) is 30.4 Å². The molecular formula is C18H30N2O. The Balaban J connectivity index is 2.77. The topological polar surface area (TPSA) is 32.3 Å². The summed E-state index contributed by atoms with van der Waals surface area (Å²) in [6.45, 7) is 9.96. The van der Waals surface area contributed by atoms with Crippen LogP contribution in [0.25, 0.3) is 0 Å². The summed E-state index contributed by atoms with van der Waals surface area (Å²) in [5, 5.41) is 3.56. The minimum absolute atomic E-state index is 0.116. The van der Waals surface area contributed by atoms with E-state index in [-0.39, 0.29) is 5.91 Å². The van der Waals surface area contributed by atoms with E-state index in [2.05, 4.69) is 19.2 Å². The minimum Gasteiger partial charge on any atom is -0.382 e. The molecular weight excluding hydrogens is 260 g/mol.